The zero-order chi connectivity index (χ0) is 24.5. The second-order valence-corrected chi connectivity index (χ2v) is 10.5. The van der Waals surface area contributed by atoms with Crippen molar-refractivity contribution >= 4 is 49.9 Å². The van der Waals surface area contributed by atoms with Crippen LogP contribution in [0.3, 0.4) is 0 Å². The van der Waals surface area contributed by atoms with Crippen LogP contribution < -0.4 is 10.1 Å². The topological polar surface area (TPSA) is 99.3 Å². The third kappa shape index (κ3) is 4.68. The van der Waals surface area contributed by atoms with E-state index in [1.165, 1.54) is 10.4 Å². The highest BCUT2D eigenvalue weighted by molar-refractivity contribution is 7.19. The molecule has 184 valence electrons. The van der Waals surface area contributed by atoms with Crippen LogP contribution in [0.5, 0.6) is 5.75 Å². The molecule has 0 bridgehead atoms. The minimum atomic E-state index is 0.0212. The first-order chi connectivity index (χ1) is 16.9. The number of nitrogens with one attached hydrogen (secondary N) is 2. The molecule has 0 spiro atoms. The molecule has 10 heteroatoms. The third-order valence-electron chi connectivity index (χ3n) is 6.68. The Labute approximate surface area is 208 Å². The number of H-pyrrole nitrogens is 1. The molecule has 1 amide bonds. The van der Waals surface area contributed by atoms with Crippen LogP contribution >= 0.6 is 11.3 Å². The molecule has 0 saturated carbocycles. The Hall–Kier alpha value is -3.24. The SMILES string of the molecule is COc1cc2[nH]ncc2cc1Nc1ncnc2sc3c(c12)CC[C@H](C(=O)N(C)CCCN(C)C)C3. The normalized spacial score (nSPS) is 15.5. The number of carbonyl (C=O) groups excluding carboxylic acids is 1. The Morgan fingerprint density at radius 2 is 2.11 bits per heavy atom. The molecule has 0 aliphatic heterocycles. The summed E-state index contributed by atoms with van der Waals surface area (Å²) >= 11 is 1.68. The predicted molar refractivity (Wildman–Crippen MR) is 140 cm³/mol. The summed E-state index contributed by atoms with van der Waals surface area (Å²) in [5, 5.41) is 12.6. The number of ether oxygens (including phenoxy) is 1. The standard InChI is InChI=1S/C25H31N7O2S/c1-31(2)8-5-9-32(3)25(33)15-6-7-17-21(11-15)35-24-22(17)23(26-14-27-24)29-19-10-16-13-28-30-18(16)12-20(19)34-4/h10,12-15H,5-9,11H2,1-4H3,(H,28,30)(H,26,27,29)/t15-/m0/s1. The van der Waals surface area contributed by atoms with E-state index in [0.29, 0.717) is 5.75 Å². The van der Waals surface area contributed by atoms with Gasteiger partial charge in [-0.25, -0.2) is 9.97 Å². The fourth-order valence-corrected chi connectivity index (χ4v) is 6.09. The summed E-state index contributed by atoms with van der Waals surface area (Å²) in [5.41, 5.74) is 3.00. The van der Waals surface area contributed by atoms with Crippen molar-refractivity contribution in [3.63, 3.8) is 0 Å². The minimum absolute atomic E-state index is 0.0212. The van der Waals surface area contributed by atoms with E-state index in [0.717, 1.165) is 71.4 Å². The van der Waals surface area contributed by atoms with Crippen LogP contribution in [-0.2, 0) is 17.6 Å². The summed E-state index contributed by atoms with van der Waals surface area (Å²) in [6.07, 6.45) is 6.81. The second-order valence-electron chi connectivity index (χ2n) is 9.40. The highest BCUT2D eigenvalue weighted by Crippen LogP contribution is 2.41. The number of fused-ring (bicyclic) bond motifs is 4. The van der Waals surface area contributed by atoms with Crippen molar-refractivity contribution in [3.8, 4) is 5.75 Å². The van der Waals surface area contributed by atoms with Crippen LogP contribution in [0, 0.1) is 5.92 Å². The van der Waals surface area contributed by atoms with Crippen LogP contribution in [-0.4, -0.2) is 77.2 Å². The van der Waals surface area contributed by atoms with Crippen molar-refractivity contribution in [3.05, 3.63) is 35.1 Å². The summed E-state index contributed by atoms with van der Waals surface area (Å²) < 4.78 is 5.61. The van der Waals surface area contributed by atoms with Gasteiger partial charge in [0.15, 0.2) is 0 Å². The van der Waals surface area contributed by atoms with Crippen molar-refractivity contribution in [2.24, 2.45) is 5.92 Å². The fourth-order valence-electron chi connectivity index (χ4n) is 4.83. The van der Waals surface area contributed by atoms with Crippen LogP contribution in [0.15, 0.2) is 24.7 Å². The number of thiophene rings is 1. The number of carbonyl (C=O) groups is 1. The zero-order valence-corrected chi connectivity index (χ0v) is 21.4. The van der Waals surface area contributed by atoms with E-state index in [4.69, 9.17) is 4.74 Å². The lowest BCUT2D eigenvalue weighted by atomic mass is 9.87. The average molecular weight is 494 g/mol. The number of rotatable bonds is 8. The molecule has 1 atom stereocenters. The highest BCUT2D eigenvalue weighted by atomic mass is 32.1. The molecule has 9 nitrogen and oxygen atoms in total. The number of aryl methyl sites for hydroxylation is 1. The Kier molecular flexibility index (Phi) is 6.57. The Morgan fingerprint density at radius 1 is 1.26 bits per heavy atom. The Bertz CT molecular complexity index is 1360. The summed E-state index contributed by atoms with van der Waals surface area (Å²) in [6, 6.07) is 3.93. The maximum atomic E-state index is 13.1. The number of benzene rings is 1. The molecule has 2 N–H and O–H groups in total. The summed E-state index contributed by atoms with van der Waals surface area (Å²) in [5.74, 6) is 1.74. The van der Waals surface area contributed by atoms with Crippen molar-refractivity contribution in [2.45, 2.75) is 25.7 Å². The van der Waals surface area contributed by atoms with Gasteiger partial charge in [-0.15, -0.1) is 11.3 Å². The molecular weight excluding hydrogens is 462 g/mol. The lowest BCUT2D eigenvalue weighted by molar-refractivity contribution is -0.134. The number of aromatic amines is 1. The van der Waals surface area contributed by atoms with Gasteiger partial charge in [-0.3, -0.25) is 9.89 Å². The molecule has 3 heterocycles. The monoisotopic (exact) mass is 493 g/mol. The van der Waals surface area contributed by atoms with E-state index in [1.54, 1.807) is 31.0 Å². The number of hydrogen-bond donors (Lipinski definition) is 2. The van der Waals surface area contributed by atoms with Crippen molar-refractivity contribution < 1.29 is 9.53 Å². The highest BCUT2D eigenvalue weighted by Gasteiger charge is 2.30. The van der Waals surface area contributed by atoms with Crippen LogP contribution in [0.4, 0.5) is 11.5 Å². The van der Waals surface area contributed by atoms with E-state index in [9.17, 15) is 4.79 Å². The maximum Gasteiger partial charge on any atom is 0.225 e. The van der Waals surface area contributed by atoms with E-state index in [-0.39, 0.29) is 11.8 Å². The number of methoxy groups -OCH3 is 1. The molecule has 35 heavy (non-hydrogen) atoms. The number of anilines is 2. The van der Waals surface area contributed by atoms with E-state index >= 15 is 0 Å². The van der Waals surface area contributed by atoms with Crippen molar-refractivity contribution in [1.29, 1.82) is 0 Å². The summed E-state index contributed by atoms with van der Waals surface area (Å²) in [7, 11) is 7.70. The van der Waals surface area contributed by atoms with Gasteiger partial charge in [0.2, 0.25) is 5.91 Å². The van der Waals surface area contributed by atoms with Gasteiger partial charge in [0.05, 0.1) is 29.9 Å². The Balaban J connectivity index is 1.39. The number of aromatic nitrogens is 4. The van der Waals surface area contributed by atoms with Gasteiger partial charge in [-0.1, -0.05) is 0 Å². The first kappa shape index (κ1) is 23.5. The fraction of sp³-hybridized carbons (Fsp3) is 0.440. The van der Waals surface area contributed by atoms with Crippen LogP contribution in [0.1, 0.15) is 23.3 Å². The molecule has 1 aliphatic rings. The maximum absolute atomic E-state index is 13.1. The summed E-state index contributed by atoms with van der Waals surface area (Å²) in [6.45, 7) is 1.77. The van der Waals surface area contributed by atoms with E-state index < -0.39 is 0 Å². The molecule has 0 radical (unpaired) electrons. The minimum Gasteiger partial charge on any atom is -0.494 e. The van der Waals surface area contributed by atoms with Gasteiger partial charge in [0.1, 0.15) is 22.7 Å². The number of amides is 1. The lowest BCUT2D eigenvalue weighted by Crippen LogP contribution is -2.36. The Morgan fingerprint density at radius 3 is 2.91 bits per heavy atom. The van der Waals surface area contributed by atoms with Gasteiger partial charge >= 0.3 is 0 Å². The average Bonchev–Trinajstić information content (AvgIpc) is 3.46. The molecule has 0 saturated heterocycles. The van der Waals surface area contributed by atoms with E-state index in [1.807, 2.05) is 24.1 Å². The largest absolute Gasteiger partial charge is 0.494 e. The lowest BCUT2D eigenvalue weighted by Gasteiger charge is -2.27. The molecule has 1 aromatic carbocycles. The molecule has 0 fully saturated rings. The third-order valence-corrected chi connectivity index (χ3v) is 7.85. The van der Waals surface area contributed by atoms with Gasteiger partial charge in [0.25, 0.3) is 0 Å². The molecule has 3 aromatic heterocycles. The van der Waals surface area contributed by atoms with E-state index in [2.05, 4.69) is 44.5 Å². The first-order valence-corrected chi connectivity index (χ1v) is 12.7. The van der Waals surface area contributed by atoms with Gasteiger partial charge in [-0.2, -0.15) is 5.10 Å². The van der Waals surface area contributed by atoms with Gasteiger partial charge in [-0.05, 0) is 58.0 Å². The van der Waals surface area contributed by atoms with Crippen molar-refractivity contribution in [2.75, 3.05) is 46.7 Å². The zero-order valence-electron chi connectivity index (χ0n) is 20.6. The molecule has 5 rings (SSSR count). The van der Waals surface area contributed by atoms with Gasteiger partial charge in [0, 0.05) is 35.8 Å². The summed E-state index contributed by atoms with van der Waals surface area (Å²) in [4.78, 5) is 28.5. The smallest absolute Gasteiger partial charge is 0.225 e. The quantitative estimate of drug-likeness (QED) is 0.385. The van der Waals surface area contributed by atoms with Gasteiger partial charge < -0.3 is 19.9 Å². The molecule has 0 unspecified atom stereocenters. The van der Waals surface area contributed by atoms with Crippen LogP contribution in [0.25, 0.3) is 21.1 Å². The number of hydrogen-bond acceptors (Lipinski definition) is 8. The first-order valence-electron chi connectivity index (χ1n) is 11.9. The second kappa shape index (κ2) is 9.79. The molecule has 4 aromatic rings. The molecule has 1 aliphatic carbocycles. The van der Waals surface area contributed by atoms with Crippen molar-refractivity contribution in [1.82, 2.24) is 30.0 Å². The predicted octanol–water partition coefficient (Wildman–Crippen LogP) is 3.83. The molecular formula is C25H31N7O2S. The number of nitrogens with zero attached hydrogens (tertiary/aromatic N) is 5. The van der Waals surface area contributed by atoms with Crippen LogP contribution in [0.2, 0.25) is 0 Å².